The van der Waals surface area contributed by atoms with E-state index in [1.165, 1.54) is 6.07 Å². The lowest BCUT2D eigenvalue weighted by Crippen LogP contribution is -2.04. The number of nitrogens with zero attached hydrogens (tertiary/aromatic N) is 5. The van der Waals surface area contributed by atoms with Crippen molar-refractivity contribution in [1.29, 1.82) is 0 Å². The van der Waals surface area contributed by atoms with E-state index < -0.39 is 11.7 Å². The number of fused-ring (bicyclic) bond motifs is 1. The number of rotatable bonds is 5. The highest BCUT2D eigenvalue weighted by atomic mass is 19.4. The average Bonchev–Trinajstić information content (AvgIpc) is 2.99. The molecule has 0 saturated carbocycles. The number of imidazole rings is 1. The molecule has 2 aromatic carbocycles. The van der Waals surface area contributed by atoms with Crippen molar-refractivity contribution in [3.8, 4) is 5.69 Å². The minimum Gasteiger partial charge on any atom is -0.296 e. The van der Waals surface area contributed by atoms with Crippen LogP contribution in [0.1, 0.15) is 23.9 Å². The molecule has 0 fully saturated rings. The molecule has 0 aliphatic rings. The number of aromatic nitrogens is 2. The Hall–Kier alpha value is -2.99. The Bertz CT molecular complexity index is 967. The molecule has 0 unspecified atom stereocenters. The van der Waals surface area contributed by atoms with Crippen LogP contribution in [0, 0.1) is 0 Å². The van der Waals surface area contributed by atoms with Crippen LogP contribution in [0.3, 0.4) is 0 Å². The smallest absolute Gasteiger partial charge is 0.296 e. The van der Waals surface area contributed by atoms with Crippen molar-refractivity contribution < 1.29 is 13.2 Å². The first kappa shape index (κ1) is 17.8. The van der Waals surface area contributed by atoms with Crippen LogP contribution in [0.4, 0.5) is 13.2 Å². The van der Waals surface area contributed by atoms with E-state index in [2.05, 4.69) is 15.0 Å². The summed E-state index contributed by atoms with van der Waals surface area (Å²) in [4.78, 5) is 7.10. The summed E-state index contributed by atoms with van der Waals surface area (Å²) in [5.74, 6) is 0.696. The molecule has 5 nitrogen and oxygen atoms in total. The molecule has 3 rings (SSSR count). The van der Waals surface area contributed by atoms with Gasteiger partial charge in [0.1, 0.15) is 5.82 Å². The summed E-state index contributed by atoms with van der Waals surface area (Å²) < 4.78 is 40.7. The van der Waals surface area contributed by atoms with Gasteiger partial charge in [-0.15, -0.1) is 0 Å². The quantitative estimate of drug-likeness (QED) is 0.339. The molecule has 0 saturated heterocycles. The molecule has 0 N–H and O–H groups in total. The summed E-state index contributed by atoms with van der Waals surface area (Å²) >= 11 is 0. The van der Waals surface area contributed by atoms with Crippen LogP contribution in [0.15, 0.2) is 47.6 Å². The maximum Gasteiger partial charge on any atom is 0.416 e. The van der Waals surface area contributed by atoms with E-state index in [-0.39, 0.29) is 0 Å². The molecular weight excluding hydrogens is 343 g/mol. The first-order valence-corrected chi connectivity index (χ1v) is 8.12. The van der Waals surface area contributed by atoms with Gasteiger partial charge in [0.2, 0.25) is 0 Å². The second-order valence-corrected chi connectivity index (χ2v) is 5.79. The van der Waals surface area contributed by atoms with Gasteiger partial charge < -0.3 is 0 Å². The number of alkyl halides is 3. The number of azide groups is 1. The number of hydrogen-bond donors (Lipinski definition) is 0. The Morgan fingerprint density at radius 2 is 1.88 bits per heavy atom. The molecule has 3 aromatic rings. The highest BCUT2D eigenvalue weighted by molar-refractivity contribution is 5.79. The van der Waals surface area contributed by atoms with E-state index in [1.807, 2.05) is 35.8 Å². The summed E-state index contributed by atoms with van der Waals surface area (Å²) in [7, 11) is 0. The minimum atomic E-state index is -4.39. The van der Waals surface area contributed by atoms with Gasteiger partial charge in [0, 0.05) is 23.6 Å². The van der Waals surface area contributed by atoms with E-state index in [0.29, 0.717) is 36.2 Å². The Kier molecular flexibility index (Phi) is 4.86. The fraction of sp³-hybridized carbons (Fsp3) is 0.278. The van der Waals surface area contributed by atoms with Crippen LogP contribution in [0.5, 0.6) is 0 Å². The molecule has 26 heavy (non-hydrogen) atoms. The molecule has 1 heterocycles. The monoisotopic (exact) mass is 359 g/mol. The Morgan fingerprint density at radius 1 is 1.15 bits per heavy atom. The molecule has 0 radical (unpaired) electrons. The predicted molar refractivity (Wildman–Crippen MR) is 93.2 cm³/mol. The molecule has 0 aliphatic heterocycles. The van der Waals surface area contributed by atoms with E-state index >= 15 is 0 Å². The third-order valence-electron chi connectivity index (χ3n) is 4.13. The molecule has 0 amide bonds. The minimum absolute atomic E-state index is 0.323. The third kappa shape index (κ3) is 3.50. The number of halogens is 3. The summed E-state index contributed by atoms with van der Waals surface area (Å²) in [6.45, 7) is 2.29. The van der Waals surface area contributed by atoms with Gasteiger partial charge in [-0.05, 0) is 47.8 Å². The van der Waals surface area contributed by atoms with Gasteiger partial charge in [-0.1, -0.05) is 24.2 Å². The zero-order chi connectivity index (χ0) is 18.7. The number of aryl methyl sites for hydroxylation is 1. The first-order valence-electron chi connectivity index (χ1n) is 8.12. The fourth-order valence-electron chi connectivity index (χ4n) is 2.87. The highest BCUT2D eigenvalue weighted by Gasteiger charge is 2.31. The molecule has 0 spiro atoms. The number of hydrogen-bond acceptors (Lipinski definition) is 2. The van der Waals surface area contributed by atoms with E-state index in [9.17, 15) is 13.2 Å². The summed E-state index contributed by atoms with van der Waals surface area (Å²) in [5.41, 5.74) is 10.4. The van der Waals surface area contributed by atoms with Crippen molar-refractivity contribution in [2.45, 2.75) is 25.9 Å². The fourth-order valence-corrected chi connectivity index (χ4v) is 2.87. The van der Waals surface area contributed by atoms with Gasteiger partial charge in [-0.2, -0.15) is 13.2 Å². The molecular formula is C18H16F3N5. The summed E-state index contributed by atoms with van der Waals surface area (Å²) in [5, 5.41) is 3.51. The maximum atomic E-state index is 12.9. The van der Waals surface area contributed by atoms with E-state index in [1.54, 1.807) is 0 Å². The van der Waals surface area contributed by atoms with Crippen LogP contribution in [0.25, 0.3) is 27.2 Å². The van der Waals surface area contributed by atoms with Gasteiger partial charge in [-0.3, -0.25) is 4.57 Å². The Labute approximate surface area is 147 Å². The predicted octanol–water partition coefficient (Wildman–Crippen LogP) is 5.46. The number of benzene rings is 2. The molecule has 8 heteroatoms. The summed E-state index contributed by atoms with van der Waals surface area (Å²) in [6.07, 6.45) is -3.17. The van der Waals surface area contributed by atoms with Crippen LogP contribution in [-0.2, 0) is 19.0 Å². The van der Waals surface area contributed by atoms with Gasteiger partial charge >= 0.3 is 6.18 Å². The first-order chi connectivity index (χ1) is 12.4. The molecule has 0 aliphatic carbocycles. The van der Waals surface area contributed by atoms with E-state index in [0.717, 1.165) is 23.4 Å². The van der Waals surface area contributed by atoms with Crippen LogP contribution < -0.4 is 0 Å². The maximum absolute atomic E-state index is 12.9. The lowest BCUT2D eigenvalue weighted by Gasteiger charge is -2.10. The zero-order valence-electron chi connectivity index (χ0n) is 14.0. The van der Waals surface area contributed by atoms with Crippen molar-refractivity contribution in [3.63, 3.8) is 0 Å². The molecule has 1 aromatic heterocycles. The third-order valence-corrected chi connectivity index (χ3v) is 4.13. The van der Waals surface area contributed by atoms with Gasteiger partial charge in [0.15, 0.2) is 0 Å². The zero-order valence-corrected chi connectivity index (χ0v) is 14.0. The highest BCUT2D eigenvalue weighted by Crippen LogP contribution is 2.32. The van der Waals surface area contributed by atoms with Crippen LogP contribution in [-0.4, -0.2) is 16.1 Å². The van der Waals surface area contributed by atoms with Crippen LogP contribution in [0.2, 0.25) is 0 Å². The van der Waals surface area contributed by atoms with Gasteiger partial charge in [0.25, 0.3) is 0 Å². The largest absolute Gasteiger partial charge is 0.416 e. The standard InChI is InChI=1S/C18H16F3N5/c1-2-17-24-15-11-13(18(19,20)21)5-8-16(15)26(17)14-6-3-12(4-7-14)9-10-23-25-22/h3-8,11H,2,9-10H2,1H3. The summed E-state index contributed by atoms with van der Waals surface area (Å²) in [6, 6.07) is 11.2. The van der Waals surface area contributed by atoms with Crippen molar-refractivity contribution in [2.24, 2.45) is 5.11 Å². The van der Waals surface area contributed by atoms with Crippen molar-refractivity contribution in [2.75, 3.05) is 6.54 Å². The SMILES string of the molecule is CCc1nc2cc(C(F)(F)F)ccc2n1-c1ccc(CCN=[N+]=[N-])cc1. The van der Waals surface area contributed by atoms with E-state index in [4.69, 9.17) is 5.53 Å². The van der Waals surface area contributed by atoms with Gasteiger partial charge in [0.05, 0.1) is 16.6 Å². The molecule has 0 bridgehead atoms. The lowest BCUT2D eigenvalue weighted by atomic mass is 10.1. The van der Waals surface area contributed by atoms with Crippen LogP contribution >= 0.6 is 0 Å². The Morgan fingerprint density at radius 3 is 2.50 bits per heavy atom. The Balaban J connectivity index is 2.02. The average molecular weight is 359 g/mol. The lowest BCUT2D eigenvalue weighted by molar-refractivity contribution is -0.137. The van der Waals surface area contributed by atoms with Crippen molar-refractivity contribution in [1.82, 2.24) is 9.55 Å². The van der Waals surface area contributed by atoms with Gasteiger partial charge in [-0.25, -0.2) is 4.98 Å². The van der Waals surface area contributed by atoms with Crippen molar-refractivity contribution >= 4 is 11.0 Å². The molecule has 134 valence electrons. The normalized spacial score (nSPS) is 11.5. The second-order valence-electron chi connectivity index (χ2n) is 5.79. The molecule has 0 atom stereocenters. The topological polar surface area (TPSA) is 66.6 Å². The van der Waals surface area contributed by atoms with Crippen molar-refractivity contribution in [3.05, 3.63) is 69.9 Å². The second kappa shape index (κ2) is 7.09.